The molecule has 1 aliphatic carbocycles. The number of nitrogens with one attached hydrogen (secondary N) is 1. The van der Waals surface area contributed by atoms with E-state index in [-0.39, 0.29) is 5.56 Å². The molecule has 3 aromatic rings. The van der Waals surface area contributed by atoms with Gasteiger partial charge in [-0.15, -0.1) is 0 Å². The summed E-state index contributed by atoms with van der Waals surface area (Å²) >= 11 is 0. The van der Waals surface area contributed by atoms with Crippen LogP contribution < -0.4 is 10.8 Å². The fraction of sp³-hybridized carbons (Fsp3) is 0.458. The van der Waals surface area contributed by atoms with E-state index < -0.39 is 42.0 Å². The maximum atomic E-state index is 15.4. The zero-order valence-electron chi connectivity index (χ0n) is 19.7. The first kappa shape index (κ1) is 24.6. The fourth-order valence-electron chi connectivity index (χ4n) is 4.13. The summed E-state index contributed by atoms with van der Waals surface area (Å²) in [6, 6.07) is 4.70. The van der Waals surface area contributed by atoms with Crippen LogP contribution in [0.4, 0.5) is 19.0 Å². The standard InChI is InChI=1S/C24H28F3N4O2P/c1-13(16-7-6-8-18(21(16)25)24(26,27)23(3,32)15-9-10-15)29-22-17-11-20(34(4,5)33)28-12-19(17)30-14(2)31-22/h6-8,11-13,15,32H,9-10H2,1-5H3,(H,29,30,31)/t13-,23?/m1/s1. The molecule has 0 amide bonds. The number of pyridine rings is 1. The maximum absolute atomic E-state index is 15.4. The molecular formula is C24H28F3N4O2P. The molecule has 2 heterocycles. The minimum atomic E-state index is -3.75. The molecular weight excluding hydrogens is 464 g/mol. The van der Waals surface area contributed by atoms with Crippen LogP contribution in [0.5, 0.6) is 0 Å². The smallest absolute Gasteiger partial charge is 0.304 e. The van der Waals surface area contributed by atoms with Crippen molar-refractivity contribution in [3.05, 3.63) is 53.2 Å². The number of nitrogens with zero attached hydrogens (tertiary/aromatic N) is 3. The molecule has 1 fully saturated rings. The van der Waals surface area contributed by atoms with E-state index in [4.69, 9.17) is 0 Å². The molecule has 6 nitrogen and oxygen atoms in total. The van der Waals surface area contributed by atoms with Gasteiger partial charge in [0.15, 0.2) is 0 Å². The number of anilines is 1. The van der Waals surface area contributed by atoms with Crippen molar-refractivity contribution >= 4 is 29.3 Å². The highest BCUT2D eigenvalue weighted by atomic mass is 31.2. The number of fused-ring (bicyclic) bond motifs is 1. The zero-order chi connectivity index (χ0) is 25.1. The molecule has 0 aliphatic heterocycles. The lowest BCUT2D eigenvalue weighted by Crippen LogP contribution is -2.45. The second kappa shape index (κ2) is 8.31. The fourth-order valence-corrected chi connectivity index (χ4v) is 4.90. The molecule has 1 aliphatic rings. The molecule has 10 heteroatoms. The van der Waals surface area contributed by atoms with E-state index in [0.717, 1.165) is 13.0 Å². The highest BCUT2D eigenvalue weighted by Crippen LogP contribution is 2.52. The third kappa shape index (κ3) is 4.31. The summed E-state index contributed by atoms with van der Waals surface area (Å²) < 4.78 is 58.4. The summed E-state index contributed by atoms with van der Waals surface area (Å²) in [6.07, 6.45) is 2.49. The number of aromatic nitrogens is 3. The number of alkyl halides is 2. The van der Waals surface area contributed by atoms with Crippen molar-refractivity contribution in [3.63, 3.8) is 0 Å². The Hall–Kier alpha value is -2.51. The Bertz CT molecular complexity index is 1300. The van der Waals surface area contributed by atoms with E-state index in [1.165, 1.54) is 18.3 Å². The van der Waals surface area contributed by atoms with Crippen molar-refractivity contribution < 1.29 is 22.8 Å². The molecule has 0 saturated heterocycles. The lowest BCUT2D eigenvalue weighted by Gasteiger charge is -2.34. The summed E-state index contributed by atoms with van der Waals surface area (Å²) in [5.41, 5.74) is -2.23. The van der Waals surface area contributed by atoms with E-state index in [1.807, 2.05) is 0 Å². The summed E-state index contributed by atoms with van der Waals surface area (Å²) in [5, 5.41) is 14.1. The molecule has 2 N–H and O–H groups in total. The SMILES string of the molecule is Cc1nc(N[C@H](C)c2cccc(C(F)(F)C(C)(O)C3CC3)c2F)c2cc(P(C)(C)=O)ncc2n1. The minimum absolute atomic E-state index is 0.0131. The van der Waals surface area contributed by atoms with Crippen LogP contribution in [0, 0.1) is 18.7 Å². The molecule has 1 saturated carbocycles. The molecule has 2 aromatic heterocycles. The van der Waals surface area contributed by atoms with Crippen molar-refractivity contribution in [1.29, 1.82) is 0 Å². The normalized spacial score (nSPS) is 17.4. The van der Waals surface area contributed by atoms with Crippen molar-refractivity contribution in [2.24, 2.45) is 5.92 Å². The van der Waals surface area contributed by atoms with Gasteiger partial charge < -0.3 is 15.0 Å². The first-order valence-corrected chi connectivity index (χ1v) is 13.7. The largest absolute Gasteiger partial charge is 0.383 e. The van der Waals surface area contributed by atoms with Crippen LogP contribution in [0.15, 0.2) is 30.5 Å². The quantitative estimate of drug-likeness (QED) is 0.444. The molecule has 2 atom stereocenters. The van der Waals surface area contributed by atoms with Crippen LogP contribution in [0.3, 0.4) is 0 Å². The Morgan fingerprint density at radius 1 is 1.24 bits per heavy atom. The van der Waals surface area contributed by atoms with Gasteiger partial charge in [0.1, 0.15) is 35.6 Å². The first-order chi connectivity index (χ1) is 15.7. The van der Waals surface area contributed by atoms with Gasteiger partial charge in [0.05, 0.1) is 23.3 Å². The van der Waals surface area contributed by atoms with Crippen LogP contribution in [0.2, 0.25) is 0 Å². The van der Waals surface area contributed by atoms with Crippen molar-refractivity contribution in [3.8, 4) is 0 Å². The van der Waals surface area contributed by atoms with Crippen molar-refractivity contribution in [1.82, 2.24) is 15.0 Å². The predicted octanol–water partition coefficient (Wildman–Crippen LogP) is 5.15. The zero-order valence-corrected chi connectivity index (χ0v) is 20.6. The number of hydrogen-bond donors (Lipinski definition) is 2. The third-order valence-electron chi connectivity index (χ3n) is 6.43. The topological polar surface area (TPSA) is 88.0 Å². The second-order valence-corrected chi connectivity index (χ2v) is 12.8. The number of hydrogen-bond acceptors (Lipinski definition) is 6. The molecule has 0 spiro atoms. The number of halogens is 3. The highest BCUT2D eigenvalue weighted by Gasteiger charge is 2.59. The highest BCUT2D eigenvalue weighted by molar-refractivity contribution is 7.69. The van der Waals surface area contributed by atoms with E-state index in [0.29, 0.717) is 40.8 Å². The summed E-state index contributed by atoms with van der Waals surface area (Å²) in [7, 11) is -2.66. The van der Waals surface area contributed by atoms with Gasteiger partial charge in [-0.1, -0.05) is 12.1 Å². The van der Waals surface area contributed by atoms with Crippen LogP contribution >= 0.6 is 7.14 Å². The maximum Gasteiger partial charge on any atom is 0.304 e. The summed E-state index contributed by atoms with van der Waals surface area (Å²) in [4.78, 5) is 13.0. The van der Waals surface area contributed by atoms with Gasteiger partial charge in [0.2, 0.25) is 0 Å². The van der Waals surface area contributed by atoms with E-state index in [1.54, 1.807) is 33.2 Å². The molecule has 1 unspecified atom stereocenters. The van der Waals surface area contributed by atoms with E-state index in [2.05, 4.69) is 20.3 Å². The van der Waals surface area contributed by atoms with Crippen molar-refractivity contribution in [2.45, 2.75) is 51.2 Å². The van der Waals surface area contributed by atoms with Gasteiger partial charge >= 0.3 is 5.92 Å². The number of aryl methyl sites for hydroxylation is 1. The minimum Gasteiger partial charge on any atom is -0.383 e. The average molecular weight is 492 g/mol. The lowest BCUT2D eigenvalue weighted by molar-refractivity contribution is -0.191. The monoisotopic (exact) mass is 492 g/mol. The number of benzene rings is 1. The van der Waals surface area contributed by atoms with E-state index in [9.17, 15) is 9.67 Å². The van der Waals surface area contributed by atoms with Crippen molar-refractivity contribution in [2.75, 3.05) is 18.6 Å². The molecule has 182 valence electrons. The van der Waals surface area contributed by atoms with Crippen LogP contribution in [0.1, 0.15) is 49.7 Å². The third-order valence-corrected chi connectivity index (χ3v) is 7.77. The van der Waals surface area contributed by atoms with E-state index >= 15 is 13.2 Å². The molecule has 4 rings (SSSR count). The molecule has 0 bridgehead atoms. The Morgan fingerprint density at radius 3 is 2.53 bits per heavy atom. The Balaban J connectivity index is 1.73. The Morgan fingerprint density at radius 2 is 1.91 bits per heavy atom. The molecule has 1 aromatic carbocycles. The lowest BCUT2D eigenvalue weighted by atomic mass is 9.86. The average Bonchev–Trinajstić information content (AvgIpc) is 3.58. The van der Waals surface area contributed by atoms with Gasteiger partial charge in [-0.25, -0.2) is 14.4 Å². The Labute approximate surface area is 196 Å². The van der Waals surface area contributed by atoms with Gasteiger partial charge in [0, 0.05) is 10.9 Å². The predicted molar refractivity (Wildman–Crippen MR) is 127 cm³/mol. The van der Waals surface area contributed by atoms with Gasteiger partial charge in [-0.3, -0.25) is 4.98 Å². The Kier molecular flexibility index (Phi) is 6.01. The second-order valence-electron chi connectivity index (χ2n) is 9.60. The molecule has 34 heavy (non-hydrogen) atoms. The number of aliphatic hydroxyl groups is 1. The van der Waals surface area contributed by atoms with Gasteiger partial charge in [0.25, 0.3) is 0 Å². The van der Waals surface area contributed by atoms with Crippen LogP contribution in [-0.4, -0.2) is 39.0 Å². The summed E-state index contributed by atoms with van der Waals surface area (Å²) in [6.45, 7) is 7.60. The first-order valence-electron chi connectivity index (χ1n) is 11.1. The van der Waals surface area contributed by atoms with Gasteiger partial charge in [-0.2, -0.15) is 8.78 Å². The van der Waals surface area contributed by atoms with Crippen LogP contribution in [0.25, 0.3) is 10.9 Å². The van der Waals surface area contributed by atoms with Crippen LogP contribution in [-0.2, 0) is 10.5 Å². The summed E-state index contributed by atoms with van der Waals surface area (Å²) in [5.74, 6) is -4.59. The number of rotatable bonds is 7. The van der Waals surface area contributed by atoms with Gasteiger partial charge in [-0.05, 0) is 65.0 Å². The molecule has 0 radical (unpaired) electrons.